The van der Waals surface area contributed by atoms with Gasteiger partial charge in [0.1, 0.15) is 23.1 Å². The summed E-state index contributed by atoms with van der Waals surface area (Å²) in [7, 11) is 4.21. The minimum Gasteiger partial charge on any atom is -0.503 e. The van der Waals surface area contributed by atoms with E-state index in [9.17, 15) is 10.1 Å². The number of aliphatic imine (C=N–C) groups is 2. The monoisotopic (exact) mass is 419 g/mol. The zero-order valence-electron chi connectivity index (χ0n) is 17.4. The van der Waals surface area contributed by atoms with Crippen molar-refractivity contribution < 1.29 is 23.7 Å². The Kier molecular flexibility index (Phi) is 8.56. The first-order valence-corrected chi connectivity index (χ1v) is 8.98. The van der Waals surface area contributed by atoms with Crippen LogP contribution in [0.3, 0.4) is 0 Å². The van der Waals surface area contributed by atoms with E-state index in [4.69, 9.17) is 18.9 Å². The van der Waals surface area contributed by atoms with E-state index in [0.29, 0.717) is 22.6 Å². The quantitative estimate of drug-likeness (QED) is 0.212. The first-order valence-electron chi connectivity index (χ1n) is 8.98. The van der Waals surface area contributed by atoms with Gasteiger partial charge in [-0.2, -0.15) is 5.26 Å². The van der Waals surface area contributed by atoms with Gasteiger partial charge in [-0.1, -0.05) is 30.3 Å². The molecule has 0 amide bonds. The predicted molar refractivity (Wildman–Crippen MR) is 117 cm³/mol. The van der Waals surface area contributed by atoms with Crippen molar-refractivity contribution in [2.45, 2.75) is 0 Å². The van der Waals surface area contributed by atoms with E-state index in [2.05, 4.69) is 16.7 Å². The molecule has 0 saturated carbocycles. The van der Waals surface area contributed by atoms with Crippen LogP contribution in [0.25, 0.3) is 5.57 Å². The molecule has 158 valence electrons. The number of esters is 1. The van der Waals surface area contributed by atoms with Gasteiger partial charge in [-0.05, 0) is 24.9 Å². The van der Waals surface area contributed by atoms with E-state index in [0.717, 1.165) is 0 Å². The Morgan fingerprint density at radius 3 is 2.35 bits per heavy atom. The second kappa shape index (κ2) is 11.6. The van der Waals surface area contributed by atoms with Gasteiger partial charge < -0.3 is 18.9 Å². The van der Waals surface area contributed by atoms with E-state index >= 15 is 0 Å². The van der Waals surface area contributed by atoms with Crippen LogP contribution in [0.1, 0.15) is 11.1 Å². The number of rotatable bonds is 8. The number of carbonyl (C=O) groups is 1. The van der Waals surface area contributed by atoms with Crippen molar-refractivity contribution in [1.82, 2.24) is 0 Å². The van der Waals surface area contributed by atoms with Gasteiger partial charge in [0, 0.05) is 12.6 Å². The lowest BCUT2D eigenvalue weighted by Gasteiger charge is -2.13. The Balaban J connectivity index is 2.37. The lowest BCUT2D eigenvalue weighted by Crippen LogP contribution is -2.11. The van der Waals surface area contributed by atoms with Crippen LogP contribution >= 0.6 is 0 Å². The molecule has 0 aliphatic carbocycles. The molecule has 0 aliphatic rings. The van der Waals surface area contributed by atoms with Gasteiger partial charge in [-0.3, -0.25) is 4.99 Å². The molecule has 0 spiro atoms. The Labute approximate surface area is 180 Å². The van der Waals surface area contributed by atoms with E-state index < -0.39 is 5.97 Å². The Morgan fingerprint density at radius 2 is 1.74 bits per heavy atom. The Morgan fingerprint density at radius 1 is 1.06 bits per heavy atom. The molecule has 2 aromatic carbocycles. The summed E-state index contributed by atoms with van der Waals surface area (Å²) in [4.78, 5) is 20.1. The van der Waals surface area contributed by atoms with E-state index in [1.165, 1.54) is 33.6 Å². The number of hydrogen-bond donors (Lipinski definition) is 0. The zero-order chi connectivity index (χ0) is 22.6. The van der Waals surface area contributed by atoms with Crippen LogP contribution in [0.5, 0.6) is 11.5 Å². The average Bonchev–Trinajstić information content (AvgIpc) is 2.81. The molecule has 0 atom stereocenters. The molecule has 0 saturated heterocycles. The zero-order valence-corrected chi connectivity index (χ0v) is 17.4. The molecule has 8 heteroatoms. The molecule has 31 heavy (non-hydrogen) atoms. The predicted octanol–water partition coefficient (Wildman–Crippen LogP) is 3.75. The molecule has 0 radical (unpaired) electrons. The van der Waals surface area contributed by atoms with Gasteiger partial charge in [-0.25, -0.2) is 9.79 Å². The van der Waals surface area contributed by atoms with Crippen molar-refractivity contribution in [2.75, 3.05) is 21.3 Å². The summed E-state index contributed by atoms with van der Waals surface area (Å²) >= 11 is 0. The summed E-state index contributed by atoms with van der Waals surface area (Å²) in [5.41, 5.74) is 0.946. The molecular weight excluding hydrogens is 398 g/mol. The molecule has 0 N–H and O–H groups in total. The minimum absolute atomic E-state index is 0.0707. The number of hydrogen-bond acceptors (Lipinski definition) is 8. The van der Waals surface area contributed by atoms with Crippen molar-refractivity contribution in [1.29, 1.82) is 5.26 Å². The third kappa shape index (κ3) is 6.05. The number of methoxy groups -OCH3 is 2. The maximum atomic E-state index is 12.2. The smallest absolute Gasteiger partial charge is 0.341 e. The second-order valence-electron chi connectivity index (χ2n) is 5.77. The normalized spacial score (nSPS) is 11.9. The summed E-state index contributed by atoms with van der Waals surface area (Å²) in [5.74, 6) is 0.255. The molecular formula is C23H21N3O5. The van der Waals surface area contributed by atoms with Crippen LogP contribution in [0.4, 0.5) is 0 Å². The maximum absolute atomic E-state index is 12.2. The average molecular weight is 419 g/mol. The van der Waals surface area contributed by atoms with Crippen molar-refractivity contribution in [3.63, 3.8) is 0 Å². The minimum atomic E-state index is -0.590. The van der Waals surface area contributed by atoms with Gasteiger partial charge in [0.15, 0.2) is 0 Å². The summed E-state index contributed by atoms with van der Waals surface area (Å²) in [5, 5.41) is 9.22. The highest BCUT2D eigenvalue weighted by atomic mass is 16.5. The summed E-state index contributed by atoms with van der Waals surface area (Å²) in [6, 6.07) is 15.6. The number of nitriles is 1. The van der Waals surface area contributed by atoms with E-state index in [1.807, 2.05) is 6.07 Å². The molecule has 0 bridgehead atoms. The standard InChI is InChI=1S/C23H21N3O5/c1-25-21(30-19-11-7-5-9-16(19)14-24)13-22(26-2)31-20-12-8-6-10-17(20)18(15-28-3)23(27)29-4/h5-13,15H,1H2,2-4H3/b18-15-,21-13+,26-22+. The lowest BCUT2D eigenvalue weighted by molar-refractivity contribution is -0.133. The number of ether oxygens (including phenoxy) is 4. The fourth-order valence-electron chi connectivity index (χ4n) is 2.45. The highest BCUT2D eigenvalue weighted by molar-refractivity contribution is 6.17. The van der Waals surface area contributed by atoms with Gasteiger partial charge in [0.25, 0.3) is 0 Å². The lowest BCUT2D eigenvalue weighted by atomic mass is 10.1. The van der Waals surface area contributed by atoms with E-state index in [-0.39, 0.29) is 17.4 Å². The van der Waals surface area contributed by atoms with Crippen LogP contribution in [-0.2, 0) is 14.3 Å². The van der Waals surface area contributed by atoms with Crippen LogP contribution in [0, 0.1) is 11.3 Å². The summed E-state index contributed by atoms with van der Waals surface area (Å²) < 4.78 is 21.4. The Bertz CT molecular complexity index is 1080. The molecule has 0 unspecified atom stereocenters. The van der Waals surface area contributed by atoms with Gasteiger partial charge in [0.05, 0.1) is 32.1 Å². The summed E-state index contributed by atoms with van der Waals surface area (Å²) in [6.45, 7) is 3.49. The third-order valence-electron chi connectivity index (χ3n) is 3.88. The molecule has 0 aliphatic heterocycles. The second-order valence-corrected chi connectivity index (χ2v) is 5.77. The first kappa shape index (κ1) is 22.9. The highest BCUT2D eigenvalue weighted by Crippen LogP contribution is 2.28. The molecule has 2 rings (SSSR count). The van der Waals surface area contributed by atoms with Gasteiger partial charge >= 0.3 is 5.97 Å². The van der Waals surface area contributed by atoms with Crippen molar-refractivity contribution in [3.8, 4) is 17.6 Å². The van der Waals surface area contributed by atoms with Crippen molar-refractivity contribution >= 4 is 24.2 Å². The molecule has 0 heterocycles. The maximum Gasteiger partial charge on any atom is 0.341 e. The largest absolute Gasteiger partial charge is 0.503 e. The fraction of sp³-hybridized carbons (Fsp3) is 0.130. The van der Waals surface area contributed by atoms with Crippen molar-refractivity contribution in [3.05, 3.63) is 77.9 Å². The van der Waals surface area contributed by atoms with Gasteiger partial charge in [-0.15, -0.1) is 0 Å². The van der Waals surface area contributed by atoms with Crippen LogP contribution in [-0.4, -0.2) is 39.9 Å². The highest BCUT2D eigenvalue weighted by Gasteiger charge is 2.18. The van der Waals surface area contributed by atoms with Crippen LogP contribution in [0.15, 0.2) is 76.7 Å². The van der Waals surface area contributed by atoms with Gasteiger partial charge in [0.2, 0.25) is 11.8 Å². The number of carbonyl (C=O) groups excluding carboxylic acids is 1. The SMILES string of the molecule is C=N/C(=C\C(=N/C)Oc1ccccc1/C(=C/OC)C(=O)OC)Oc1ccccc1C#N. The number of nitrogens with zero attached hydrogens (tertiary/aromatic N) is 3. The molecule has 0 fully saturated rings. The summed E-state index contributed by atoms with van der Waals surface area (Å²) in [6.07, 6.45) is 2.68. The van der Waals surface area contributed by atoms with E-state index in [1.54, 1.807) is 48.5 Å². The van der Waals surface area contributed by atoms with Crippen molar-refractivity contribution in [2.24, 2.45) is 9.98 Å². The molecule has 0 aromatic heterocycles. The third-order valence-corrected chi connectivity index (χ3v) is 3.88. The Hall–Kier alpha value is -4.38. The first-order chi connectivity index (χ1) is 15.1. The van der Waals surface area contributed by atoms with Crippen LogP contribution in [0.2, 0.25) is 0 Å². The molecule has 8 nitrogen and oxygen atoms in total. The number of para-hydroxylation sites is 2. The fourth-order valence-corrected chi connectivity index (χ4v) is 2.45. The molecule has 2 aromatic rings. The van der Waals surface area contributed by atoms with Crippen LogP contribution < -0.4 is 9.47 Å². The number of benzene rings is 2. The topological polar surface area (TPSA) is 102 Å².